The van der Waals surface area contributed by atoms with E-state index in [-0.39, 0.29) is 18.2 Å². The number of anilines is 1. The molecule has 4 rings (SSSR count). The minimum atomic E-state index is -4.55. The second-order valence-corrected chi connectivity index (χ2v) is 7.08. The summed E-state index contributed by atoms with van der Waals surface area (Å²) < 4.78 is 44.6. The molecule has 0 saturated carbocycles. The molecule has 0 spiro atoms. The lowest BCUT2D eigenvalue weighted by Crippen LogP contribution is -2.41. The Balaban J connectivity index is 1.40. The molecule has 3 heterocycles. The number of nitrogens with one attached hydrogen (secondary N) is 1. The summed E-state index contributed by atoms with van der Waals surface area (Å²) in [4.78, 5) is 32.2. The average molecular weight is 462 g/mol. The van der Waals surface area contributed by atoms with Gasteiger partial charge in [0, 0.05) is 30.8 Å². The van der Waals surface area contributed by atoms with Crippen LogP contribution in [0.1, 0.15) is 27.7 Å². The first-order valence-electron chi connectivity index (χ1n) is 9.67. The molecular weight excluding hydrogens is 445 g/mol. The molecule has 172 valence electrons. The maximum atomic E-state index is 12.6. The number of rotatable bonds is 4. The highest BCUT2D eigenvalue weighted by Gasteiger charge is 2.31. The van der Waals surface area contributed by atoms with Gasteiger partial charge in [0.05, 0.1) is 18.7 Å². The molecule has 0 aliphatic carbocycles. The summed E-state index contributed by atoms with van der Waals surface area (Å²) >= 11 is 0. The number of benzene rings is 1. The normalized spacial score (nSPS) is 16.5. The number of hydrogen-bond donors (Lipinski definition) is 2. The fraction of sp³-hybridized carbons (Fsp3) is 0.250. The molecule has 2 N–H and O–H groups in total. The summed E-state index contributed by atoms with van der Waals surface area (Å²) in [7, 11) is 0. The molecule has 0 bridgehead atoms. The van der Waals surface area contributed by atoms with E-state index in [1.54, 1.807) is 24.3 Å². The van der Waals surface area contributed by atoms with Crippen LogP contribution in [0.2, 0.25) is 0 Å². The molecule has 1 saturated heterocycles. The van der Waals surface area contributed by atoms with Crippen molar-refractivity contribution in [2.45, 2.75) is 12.3 Å². The van der Waals surface area contributed by atoms with Crippen LogP contribution in [0.15, 0.2) is 48.9 Å². The van der Waals surface area contributed by atoms with Crippen LogP contribution in [0.4, 0.5) is 23.7 Å². The molecule has 1 aliphatic rings. The van der Waals surface area contributed by atoms with Crippen molar-refractivity contribution in [3.05, 3.63) is 65.7 Å². The number of carbonyl (C=O) groups excluding carboxylic acids is 1. The van der Waals surface area contributed by atoms with Gasteiger partial charge in [0.1, 0.15) is 6.10 Å². The van der Waals surface area contributed by atoms with Gasteiger partial charge in [-0.2, -0.15) is 18.3 Å². The van der Waals surface area contributed by atoms with Gasteiger partial charge in [0.2, 0.25) is 5.95 Å². The van der Waals surface area contributed by atoms with Crippen molar-refractivity contribution in [1.29, 1.82) is 0 Å². The van der Waals surface area contributed by atoms with Gasteiger partial charge >= 0.3 is 12.3 Å². The minimum Gasteiger partial charge on any atom is -0.465 e. The van der Waals surface area contributed by atoms with E-state index in [2.05, 4.69) is 20.4 Å². The fourth-order valence-electron chi connectivity index (χ4n) is 3.14. The minimum absolute atomic E-state index is 0.00953. The van der Waals surface area contributed by atoms with E-state index in [4.69, 9.17) is 9.84 Å². The molecule has 1 atom stereocenters. The van der Waals surface area contributed by atoms with Crippen LogP contribution < -0.4 is 5.32 Å². The Labute approximate surface area is 184 Å². The number of hydrogen-bond acceptors (Lipinski definition) is 6. The maximum absolute atomic E-state index is 12.6. The SMILES string of the molecule is O=C(Nc1ccc(C2CN(C(=O)O)CCO2)cc1)c1ccn(-c2ncc(C(F)(F)F)cn2)n1. The zero-order valence-corrected chi connectivity index (χ0v) is 16.9. The number of morpholine rings is 1. The van der Waals surface area contributed by atoms with Crippen LogP contribution >= 0.6 is 0 Å². The molecule has 3 aromatic rings. The number of amides is 2. The zero-order chi connectivity index (χ0) is 23.6. The summed E-state index contributed by atoms with van der Waals surface area (Å²) in [5.74, 6) is -0.659. The lowest BCUT2D eigenvalue weighted by atomic mass is 10.1. The number of halogens is 3. The Morgan fingerprint density at radius 3 is 2.45 bits per heavy atom. The van der Waals surface area contributed by atoms with Crippen molar-refractivity contribution in [2.24, 2.45) is 0 Å². The van der Waals surface area contributed by atoms with Crippen molar-refractivity contribution in [2.75, 3.05) is 25.0 Å². The molecule has 13 heteroatoms. The molecule has 10 nitrogen and oxygen atoms in total. The molecule has 1 fully saturated rings. The second-order valence-electron chi connectivity index (χ2n) is 7.08. The van der Waals surface area contributed by atoms with Gasteiger partial charge in [0.25, 0.3) is 5.91 Å². The Bertz CT molecular complexity index is 1150. The lowest BCUT2D eigenvalue weighted by molar-refractivity contribution is -0.138. The van der Waals surface area contributed by atoms with Crippen LogP contribution in [0.3, 0.4) is 0 Å². The third-order valence-electron chi connectivity index (χ3n) is 4.87. The fourth-order valence-corrected chi connectivity index (χ4v) is 3.14. The van der Waals surface area contributed by atoms with Crippen LogP contribution in [0, 0.1) is 0 Å². The number of ether oxygens (including phenoxy) is 1. The lowest BCUT2D eigenvalue weighted by Gasteiger charge is -2.31. The van der Waals surface area contributed by atoms with Crippen LogP contribution in [0.5, 0.6) is 0 Å². The van der Waals surface area contributed by atoms with Crippen molar-refractivity contribution in [3.63, 3.8) is 0 Å². The van der Waals surface area contributed by atoms with E-state index >= 15 is 0 Å². The predicted molar refractivity (Wildman–Crippen MR) is 107 cm³/mol. The summed E-state index contributed by atoms with van der Waals surface area (Å²) in [5, 5.41) is 15.8. The maximum Gasteiger partial charge on any atom is 0.419 e. The highest BCUT2D eigenvalue weighted by Crippen LogP contribution is 2.28. The van der Waals surface area contributed by atoms with Gasteiger partial charge in [-0.3, -0.25) is 4.79 Å². The Morgan fingerprint density at radius 1 is 1.12 bits per heavy atom. The highest BCUT2D eigenvalue weighted by atomic mass is 19.4. The monoisotopic (exact) mass is 462 g/mol. The first-order chi connectivity index (χ1) is 15.7. The summed E-state index contributed by atoms with van der Waals surface area (Å²) in [6.45, 7) is 0.815. The molecule has 0 radical (unpaired) electrons. The van der Waals surface area contributed by atoms with Gasteiger partial charge in [0.15, 0.2) is 5.69 Å². The second kappa shape index (κ2) is 8.86. The summed E-state index contributed by atoms with van der Waals surface area (Å²) in [6, 6.07) is 8.11. The standard InChI is InChI=1S/C20H17F3N6O4/c21-20(22,23)13-9-24-18(25-10-13)29-6-5-15(27-29)17(30)26-14-3-1-12(2-4-14)16-11-28(19(31)32)7-8-33-16/h1-6,9-10,16H,7-8,11H2,(H,26,30)(H,31,32). The number of carbonyl (C=O) groups is 2. The first kappa shape index (κ1) is 22.2. The molecular formula is C20H17F3N6O4. The summed E-state index contributed by atoms with van der Waals surface area (Å²) in [5.41, 5.74) is 0.252. The Kier molecular flexibility index (Phi) is 5.96. The molecule has 1 unspecified atom stereocenters. The van der Waals surface area contributed by atoms with Gasteiger partial charge in [-0.05, 0) is 23.8 Å². The first-order valence-corrected chi connectivity index (χ1v) is 9.67. The van der Waals surface area contributed by atoms with Crippen molar-refractivity contribution < 1.29 is 32.6 Å². The third-order valence-corrected chi connectivity index (χ3v) is 4.87. The number of nitrogens with zero attached hydrogens (tertiary/aromatic N) is 5. The topological polar surface area (TPSA) is 122 Å². The van der Waals surface area contributed by atoms with E-state index in [1.165, 1.54) is 17.2 Å². The average Bonchev–Trinajstić information content (AvgIpc) is 3.30. The molecule has 33 heavy (non-hydrogen) atoms. The molecule has 2 amide bonds. The summed E-state index contributed by atoms with van der Waals surface area (Å²) in [6.07, 6.45) is -3.34. The predicted octanol–water partition coefficient (Wildman–Crippen LogP) is 2.98. The number of carboxylic acid groups (broad SMARTS) is 1. The van der Waals surface area contributed by atoms with Crippen LogP contribution in [-0.4, -0.2) is 61.5 Å². The van der Waals surface area contributed by atoms with Gasteiger partial charge in [-0.1, -0.05) is 12.1 Å². The smallest absolute Gasteiger partial charge is 0.419 e. The Hall–Kier alpha value is -4.00. The molecule has 2 aromatic heterocycles. The number of alkyl halides is 3. The van der Waals surface area contributed by atoms with Gasteiger partial charge in [-0.25, -0.2) is 19.4 Å². The van der Waals surface area contributed by atoms with E-state index in [0.29, 0.717) is 31.2 Å². The van der Waals surface area contributed by atoms with Gasteiger partial charge < -0.3 is 20.1 Å². The highest BCUT2D eigenvalue weighted by molar-refractivity contribution is 6.02. The van der Waals surface area contributed by atoms with E-state index in [1.807, 2.05) is 0 Å². The Morgan fingerprint density at radius 2 is 1.82 bits per heavy atom. The quantitative estimate of drug-likeness (QED) is 0.611. The van der Waals surface area contributed by atoms with Crippen LogP contribution in [0.25, 0.3) is 5.95 Å². The van der Waals surface area contributed by atoms with Crippen molar-refractivity contribution in [3.8, 4) is 5.95 Å². The van der Waals surface area contributed by atoms with E-state index in [9.17, 15) is 22.8 Å². The molecule has 1 aromatic carbocycles. The van der Waals surface area contributed by atoms with Crippen molar-refractivity contribution >= 4 is 17.7 Å². The zero-order valence-electron chi connectivity index (χ0n) is 16.9. The van der Waals surface area contributed by atoms with E-state index < -0.39 is 29.8 Å². The van der Waals surface area contributed by atoms with Gasteiger partial charge in [-0.15, -0.1) is 0 Å². The largest absolute Gasteiger partial charge is 0.465 e. The number of aromatic nitrogens is 4. The third kappa shape index (κ3) is 5.09. The van der Waals surface area contributed by atoms with E-state index in [0.717, 1.165) is 10.2 Å². The molecule has 1 aliphatic heterocycles. The van der Waals surface area contributed by atoms with Crippen molar-refractivity contribution in [1.82, 2.24) is 24.6 Å². The van der Waals surface area contributed by atoms with Crippen LogP contribution in [-0.2, 0) is 10.9 Å².